The zero-order chi connectivity index (χ0) is 13.8. The third-order valence-electron chi connectivity index (χ3n) is 2.62. The van der Waals surface area contributed by atoms with Gasteiger partial charge in [0.15, 0.2) is 5.13 Å². The third-order valence-corrected chi connectivity index (χ3v) is 3.46. The maximum atomic E-state index is 12.1. The van der Waals surface area contributed by atoms with Gasteiger partial charge in [0, 0.05) is 18.2 Å². The van der Waals surface area contributed by atoms with Gasteiger partial charge in [-0.1, -0.05) is 11.3 Å². The fourth-order valence-electron chi connectivity index (χ4n) is 1.73. The molecule has 2 rings (SSSR count). The van der Waals surface area contributed by atoms with Crippen LogP contribution in [0, 0.1) is 0 Å². The van der Waals surface area contributed by atoms with Crippen molar-refractivity contribution in [3.05, 3.63) is 23.8 Å². The SMILES string of the molecule is CCOCC(C)NC(=O)c1ccc2nc(N)sc2c1. The third kappa shape index (κ3) is 3.42. The molecule has 0 aliphatic rings. The molecule has 1 atom stereocenters. The summed E-state index contributed by atoms with van der Waals surface area (Å²) >= 11 is 1.38. The van der Waals surface area contributed by atoms with Crippen LogP contribution in [-0.4, -0.2) is 30.1 Å². The summed E-state index contributed by atoms with van der Waals surface area (Å²) in [6, 6.07) is 5.36. The van der Waals surface area contributed by atoms with Crippen molar-refractivity contribution in [2.45, 2.75) is 19.9 Å². The normalized spacial score (nSPS) is 12.5. The Balaban J connectivity index is 2.08. The van der Waals surface area contributed by atoms with E-state index in [9.17, 15) is 4.79 Å². The van der Waals surface area contributed by atoms with Crippen LogP contribution in [0.4, 0.5) is 5.13 Å². The fourth-order valence-corrected chi connectivity index (χ4v) is 2.50. The van der Waals surface area contributed by atoms with Gasteiger partial charge in [-0.25, -0.2) is 4.98 Å². The summed E-state index contributed by atoms with van der Waals surface area (Å²) in [5.41, 5.74) is 7.07. The van der Waals surface area contributed by atoms with E-state index in [2.05, 4.69) is 10.3 Å². The number of amides is 1. The number of rotatable bonds is 5. The van der Waals surface area contributed by atoms with E-state index in [0.29, 0.717) is 23.9 Å². The summed E-state index contributed by atoms with van der Waals surface area (Å²) in [7, 11) is 0. The van der Waals surface area contributed by atoms with Crippen molar-refractivity contribution in [3.63, 3.8) is 0 Å². The number of hydrogen-bond acceptors (Lipinski definition) is 5. The smallest absolute Gasteiger partial charge is 0.251 e. The average Bonchev–Trinajstić information content (AvgIpc) is 2.75. The number of fused-ring (bicyclic) bond motifs is 1. The molecule has 3 N–H and O–H groups in total. The number of carbonyl (C=O) groups excluding carboxylic acids is 1. The van der Waals surface area contributed by atoms with Gasteiger partial charge < -0.3 is 15.8 Å². The number of hydrogen-bond donors (Lipinski definition) is 2. The second-order valence-electron chi connectivity index (χ2n) is 4.27. The number of nitrogens with zero attached hydrogens (tertiary/aromatic N) is 1. The van der Waals surface area contributed by atoms with Gasteiger partial charge in [0.05, 0.1) is 16.8 Å². The Morgan fingerprint density at radius 1 is 1.58 bits per heavy atom. The number of nitrogens with one attached hydrogen (secondary N) is 1. The molecule has 102 valence electrons. The number of aromatic nitrogens is 1. The largest absolute Gasteiger partial charge is 0.380 e. The Kier molecular flexibility index (Phi) is 4.34. The van der Waals surface area contributed by atoms with Crippen LogP contribution in [0.1, 0.15) is 24.2 Å². The van der Waals surface area contributed by atoms with E-state index >= 15 is 0 Å². The van der Waals surface area contributed by atoms with E-state index < -0.39 is 0 Å². The van der Waals surface area contributed by atoms with Crippen LogP contribution in [0.25, 0.3) is 10.2 Å². The Hall–Kier alpha value is -1.66. The van der Waals surface area contributed by atoms with Gasteiger partial charge in [0.25, 0.3) is 5.91 Å². The van der Waals surface area contributed by atoms with Gasteiger partial charge in [-0.2, -0.15) is 0 Å². The molecule has 2 aromatic rings. The molecule has 1 unspecified atom stereocenters. The molecule has 6 heteroatoms. The molecule has 0 bridgehead atoms. The summed E-state index contributed by atoms with van der Waals surface area (Å²) in [4.78, 5) is 16.2. The monoisotopic (exact) mass is 279 g/mol. The van der Waals surface area contributed by atoms with Crippen LogP contribution in [0.2, 0.25) is 0 Å². The number of benzene rings is 1. The fraction of sp³-hybridized carbons (Fsp3) is 0.385. The highest BCUT2D eigenvalue weighted by Gasteiger charge is 2.11. The lowest BCUT2D eigenvalue weighted by molar-refractivity contribution is 0.0872. The molecule has 1 aromatic carbocycles. The second kappa shape index (κ2) is 5.99. The molecule has 1 amide bonds. The van der Waals surface area contributed by atoms with Gasteiger partial charge >= 0.3 is 0 Å². The summed E-state index contributed by atoms with van der Waals surface area (Å²) in [6.45, 7) is 5.00. The average molecular weight is 279 g/mol. The van der Waals surface area contributed by atoms with E-state index in [1.54, 1.807) is 6.07 Å². The molecule has 0 aliphatic carbocycles. The topological polar surface area (TPSA) is 77.2 Å². The predicted octanol–water partition coefficient (Wildman–Crippen LogP) is 2.03. The first-order valence-corrected chi connectivity index (χ1v) is 6.96. The van der Waals surface area contributed by atoms with Gasteiger partial charge in [-0.3, -0.25) is 4.79 Å². The van der Waals surface area contributed by atoms with Crippen molar-refractivity contribution in [2.24, 2.45) is 0 Å². The number of carbonyl (C=O) groups is 1. The first kappa shape index (κ1) is 13.8. The quantitative estimate of drug-likeness (QED) is 0.878. The molecule has 0 saturated carbocycles. The number of thiazole rings is 1. The highest BCUT2D eigenvalue weighted by Crippen LogP contribution is 2.24. The molecule has 5 nitrogen and oxygen atoms in total. The molecule has 0 radical (unpaired) electrons. The predicted molar refractivity (Wildman–Crippen MR) is 77.5 cm³/mol. The van der Waals surface area contributed by atoms with Gasteiger partial charge in [0.2, 0.25) is 0 Å². The maximum absolute atomic E-state index is 12.1. The molecule has 0 fully saturated rings. The number of ether oxygens (including phenoxy) is 1. The van der Waals surface area contributed by atoms with Crippen molar-refractivity contribution >= 4 is 32.6 Å². The second-order valence-corrected chi connectivity index (χ2v) is 5.33. The maximum Gasteiger partial charge on any atom is 0.251 e. The molecule has 1 aromatic heterocycles. The van der Waals surface area contributed by atoms with E-state index in [-0.39, 0.29) is 11.9 Å². The summed E-state index contributed by atoms with van der Waals surface area (Å²) in [5.74, 6) is -0.110. The van der Waals surface area contributed by atoms with Crippen LogP contribution in [-0.2, 0) is 4.74 Å². The van der Waals surface area contributed by atoms with Crippen LogP contribution >= 0.6 is 11.3 Å². The van der Waals surface area contributed by atoms with Crippen molar-refractivity contribution < 1.29 is 9.53 Å². The van der Waals surface area contributed by atoms with Crippen LogP contribution < -0.4 is 11.1 Å². The number of anilines is 1. The van der Waals surface area contributed by atoms with Crippen LogP contribution in [0.5, 0.6) is 0 Å². The minimum Gasteiger partial charge on any atom is -0.380 e. The van der Waals surface area contributed by atoms with Gasteiger partial charge in [-0.05, 0) is 32.0 Å². The Bertz CT molecular complexity index is 582. The number of nitrogens with two attached hydrogens (primary N) is 1. The van der Waals surface area contributed by atoms with E-state index in [0.717, 1.165) is 10.2 Å². The molecule has 0 aliphatic heterocycles. The zero-order valence-electron chi connectivity index (χ0n) is 11.0. The Labute approximate surface area is 115 Å². The molecular formula is C13H17N3O2S. The highest BCUT2D eigenvalue weighted by atomic mass is 32.1. The summed E-state index contributed by atoms with van der Waals surface area (Å²) in [6.07, 6.45) is 0. The number of nitrogen functional groups attached to an aromatic ring is 1. The lowest BCUT2D eigenvalue weighted by Crippen LogP contribution is -2.35. The van der Waals surface area contributed by atoms with Crippen molar-refractivity contribution in [2.75, 3.05) is 18.9 Å². The van der Waals surface area contributed by atoms with Gasteiger partial charge in [0.1, 0.15) is 0 Å². The molecule has 19 heavy (non-hydrogen) atoms. The van der Waals surface area contributed by atoms with E-state index in [4.69, 9.17) is 10.5 Å². The van der Waals surface area contributed by atoms with Crippen molar-refractivity contribution in [1.29, 1.82) is 0 Å². The minimum absolute atomic E-state index is 0.0188. The van der Waals surface area contributed by atoms with Crippen LogP contribution in [0.15, 0.2) is 18.2 Å². The Morgan fingerprint density at radius 2 is 2.37 bits per heavy atom. The van der Waals surface area contributed by atoms with Gasteiger partial charge in [-0.15, -0.1) is 0 Å². The summed E-state index contributed by atoms with van der Waals surface area (Å²) in [5, 5.41) is 3.40. The highest BCUT2D eigenvalue weighted by molar-refractivity contribution is 7.22. The molecule has 0 saturated heterocycles. The van der Waals surface area contributed by atoms with Crippen molar-refractivity contribution in [3.8, 4) is 0 Å². The lowest BCUT2D eigenvalue weighted by Gasteiger charge is -2.13. The summed E-state index contributed by atoms with van der Waals surface area (Å²) < 4.78 is 6.19. The Morgan fingerprint density at radius 3 is 3.11 bits per heavy atom. The molecule has 0 spiro atoms. The first-order valence-electron chi connectivity index (χ1n) is 6.15. The minimum atomic E-state index is -0.110. The zero-order valence-corrected chi connectivity index (χ0v) is 11.8. The van der Waals surface area contributed by atoms with Crippen molar-refractivity contribution in [1.82, 2.24) is 10.3 Å². The first-order chi connectivity index (χ1) is 9.10. The standard InChI is InChI=1S/C13H17N3O2S/c1-3-18-7-8(2)15-12(17)9-4-5-10-11(6-9)19-13(14)16-10/h4-6,8H,3,7H2,1-2H3,(H2,14,16)(H,15,17). The molecule has 1 heterocycles. The lowest BCUT2D eigenvalue weighted by atomic mass is 10.2. The van der Waals surface area contributed by atoms with E-state index in [1.165, 1.54) is 11.3 Å². The molecular weight excluding hydrogens is 262 g/mol. The van der Waals surface area contributed by atoms with Crippen LogP contribution in [0.3, 0.4) is 0 Å². The van der Waals surface area contributed by atoms with E-state index in [1.807, 2.05) is 26.0 Å².